The average molecular weight is 388 g/mol. The van der Waals surface area contributed by atoms with Crippen LogP contribution in [0.2, 0.25) is 0 Å². The number of carbonyl (C=O) groups excluding carboxylic acids is 1. The van der Waals surface area contributed by atoms with E-state index in [2.05, 4.69) is 34.0 Å². The number of aromatic nitrogens is 4. The Hall–Kier alpha value is -2.68. The van der Waals surface area contributed by atoms with Crippen LogP contribution in [0.5, 0.6) is 0 Å². The predicted octanol–water partition coefficient (Wildman–Crippen LogP) is 3.71. The Balaban J connectivity index is 1.75. The number of furan rings is 1. The summed E-state index contributed by atoms with van der Waals surface area (Å²) >= 11 is 1.34. The van der Waals surface area contributed by atoms with Gasteiger partial charge in [-0.2, -0.15) is 4.98 Å². The lowest BCUT2D eigenvalue weighted by atomic mass is 10.1. The van der Waals surface area contributed by atoms with Crippen molar-refractivity contribution < 1.29 is 18.5 Å². The van der Waals surface area contributed by atoms with Crippen LogP contribution < -0.4 is 0 Å². The Labute approximate surface area is 160 Å². The molecule has 0 fully saturated rings. The summed E-state index contributed by atoms with van der Waals surface area (Å²) in [4.78, 5) is 25.6. The summed E-state index contributed by atoms with van der Waals surface area (Å²) in [5, 5.41) is 4.40. The molecule has 0 unspecified atom stereocenters. The Bertz CT molecular complexity index is 922. The van der Waals surface area contributed by atoms with Crippen LogP contribution in [0.3, 0.4) is 0 Å². The Morgan fingerprint density at radius 2 is 2.11 bits per heavy atom. The third kappa shape index (κ3) is 4.54. The molecule has 0 saturated heterocycles. The highest BCUT2D eigenvalue weighted by molar-refractivity contribution is 7.98. The van der Waals surface area contributed by atoms with Crippen LogP contribution in [-0.4, -0.2) is 32.3 Å². The van der Waals surface area contributed by atoms with Gasteiger partial charge in [0.15, 0.2) is 24.0 Å². The highest BCUT2D eigenvalue weighted by Crippen LogP contribution is 2.26. The molecule has 8 nitrogen and oxygen atoms in total. The number of aryl methyl sites for hydroxylation is 1. The molecule has 0 bridgehead atoms. The molecule has 0 saturated carbocycles. The molecule has 0 aliphatic heterocycles. The van der Waals surface area contributed by atoms with Crippen LogP contribution >= 0.6 is 11.8 Å². The van der Waals surface area contributed by atoms with Gasteiger partial charge in [0, 0.05) is 6.42 Å². The van der Waals surface area contributed by atoms with Gasteiger partial charge < -0.3 is 13.7 Å². The molecule has 3 aromatic heterocycles. The zero-order valence-electron chi connectivity index (χ0n) is 15.6. The maximum absolute atomic E-state index is 12.6. The third-order valence-electron chi connectivity index (χ3n) is 3.62. The van der Waals surface area contributed by atoms with Gasteiger partial charge in [0.25, 0.3) is 5.89 Å². The van der Waals surface area contributed by atoms with Crippen LogP contribution in [0.1, 0.15) is 41.6 Å². The number of carbonyl (C=O) groups is 1. The molecule has 0 spiro atoms. The van der Waals surface area contributed by atoms with E-state index in [4.69, 9.17) is 13.7 Å². The highest BCUT2D eigenvalue weighted by atomic mass is 32.2. The summed E-state index contributed by atoms with van der Waals surface area (Å²) in [6.07, 6.45) is 4.09. The number of esters is 1. The van der Waals surface area contributed by atoms with Crippen molar-refractivity contribution in [1.29, 1.82) is 0 Å². The Morgan fingerprint density at radius 1 is 1.30 bits per heavy atom. The molecule has 0 atom stereocenters. The van der Waals surface area contributed by atoms with Crippen molar-refractivity contribution in [3.8, 4) is 11.6 Å². The van der Waals surface area contributed by atoms with E-state index in [0.717, 1.165) is 0 Å². The van der Waals surface area contributed by atoms with Crippen molar-refractivity contribution in [3.05, 3.63) is 41.4 Å². The second kappa shape index (κ2) is 8.34. The summed E-state index contributed by atoms with van der Waals surface area (Å²) in [5.41, 5.74) is 0.830. The van der Waals surface area contributed by atoms with Gasteiger partial charge >= 0.3 is 5.97 Å². The number of hydrogen-bond acceptors (Lipinski definition) is 9. The molecule has 3 rings (SSSR count). The summed E-state index contributed by atoms with van der Waals surface area (Å²) < 4.78 is 15.8. The zero-order valence-corrected chi connectivity index (χ0v) is 16.4. The fraction of sp³-hybridized carbons (Fsp3) is 0.389. The van der Waals surface area contributed by atoms with Crippen molar-refractivity contribution >= 4 is 17.7 Å². The lowest BCUT2D eigenvalue weighted by Crippen LogP contribution is -2.12. The first-order valence-electron chi connectivity index (χ1n) is 8.43. The van der Waals surface area contributed by atoms with Crippen LogP contribution in [-0.2, 0) is 17.8 Å². The van der Waals surface area contributed by atoms with Crippen molar-refractivity contribution in [2.45, 2.75) is 38.8 Å². The predicted molar refractivity (Wildman–Crippen MR) is 98.2 cm³/mol. The fourth-order valence-corrected chi connectivity index (χ4v) is 3.05. The van der Waals surface area contributed by atoms with Gasteiger partial charge in [-0.3, -0.25) is 0 Å². The molecule has 0 N–H and O–H groups in total. The van der Waals surface area contributed by atoms with E-state index in [1.54, 1.807) is 25.3 Å². The summed E-state index contributed by atoms with van der Waals surface area (Å²) in [7, 11) is 0. The van der Waals surface area contributed by atoms with Crippen LogP contribution in [0, 0.1) is 12.8 Å². The molecule has 0 aliphatic carbocycles. The minimum atomic E-state index is -0.536. The van der Waals surface area contributed by atoms with Crippen molar-refractivity contribution in [3.63, 3.8) is 0 Å². The average Bonchev–Trinajstić information content (AvgIpc) is 3.30. The SMILES string of the molecule is CSc1nc(-c2ccco2)nc(C)c1C(=O)OCc1nc(CC(C)C)no1. The van der Waals surface area contributed by atoms with E-state index in [1.165, 1.54) is 11.8 Å². The quantitative estimate of drug-likeness (QED) is 0.340. The Kier molecular flexibility index (Phi) is 5.90. The summed E-state index contributed by atoms with van der Waals surface area (Å²) in [5.74, 6) is 1.70. The van der Waals surface area contributed by atoms with Gasteiger partial charge in [0.1, 0.15) is 10.6 Å². The lowest BCUT2D eigenvalue weighted by molar-refractivity contribution is 0.0423. The molecule has 0 amide bonds. The maximum Gasteiger partial charge on any atom is 0.343 e. The van der Waals surface area contributed by atoms with Gasteiger partial charge in [-0.25, -0.2) is 14.8 Å². The summed E-state index contributed by atoms with van der Waals surface area (Å²) in [6.45, 7) is 5.76. The van der Waals surface area contributed by atoms with Crippen molar-refractivity contribution in [1.82, 2.24) is 20.1 Å². The molecule has 0 aliphatic rings. The fourth-order valence-electron chi connectivity index (χ4n) is 2.44. The first-order chi connectivity index (χ1) is 13.0. The monoisotopic (exact) mass is 388 g/mol. The minimum Gasteiger partial charge on any atom is -0.461 e. The van der Waals surface area contributed by atoms with Crippen LogP contribution in [0.25, 0.3) is 11.6 Å². The molecule has 3 heterocycles. The highest BCUT2D eigenvalue weighted by Gasteiger charge is 2.22. The molecule has 142 valence electrons. The number of hydrogen-bond donors (Lipinski definition) is 0. The molecule has 27 heavy (non-hydrogen) atoms. The normalized spacial score (nSPS) is 11.1. The van der Waals surface area contributed by atoms with Crippen LogP contribution in [0.4, 0.5) is 0 Å². The van der Waals surface area contributed by atoms with Gasteiger partial charge in [0.05, 0.1) is 12.0 Å². The standard InChI is InChI=1S/C18H20N4O4S/c1-10(2)8-13-20-14(26-22-13)9-25-18(23)15-11(3)19-16(21-17(15)27-4)12-6-5-7-24-12/h5-7,10H,8-9H2,1-4H3. The van der Waals surface area contributed by atoms with E-state index >= 15 is 0 Å². The molecule has 9 heteroatoms. The van der Waals surface area contributed by atoms with Gasteiger partial charge in [0.2, 0.25) is 0 Å². The number of rotatable bonds is 7. The first kappa shape index (κ1) is 19.1. The lowest BCUT2D eigenvalue weighted by Gasteiger charge is -2.10. The largest absolute Gasteiger partial charge is 0.461 e. The second-order valence-corrected chi connectivity index (χ2v) is 7.07. The number of ether oxygens (including phenoxy) is 1. The zero-order chi connectivity index (χ0) is 19.4. The van der Waals surface area contributed by atoms with Crippen LogP contribution in [0.15, 0.2) is 32.4 Å². The van der Waals surface area contributed by atoms with Crippen molar-refractivity contribution in [2.75, 3.05) is 6.26 Å². The molecule has 0 radical (unpaired) electrons. The topological polar surface area (TPSA) is 104 Å². The molecular weight excluding hydrogens is 368 g/mol. The van der Waals surface area contributed by atoms with E-state index in [-0.39, 0.29) is 12.5 Å². The van der Waals surface area contributed by atoms with Crippen molar-refractivity contribution in [2.24, 2.45) is 5.92 Å². The minimum absolute atomic E-state index is 0.100. The Morgan fingerprint density at radius 3 is 2.78 bits per heavy atom. The molecular formula is C18H20N4O4S. The van der Waals surface area contributed by atoms with E-state index in [9.17, 15) is 4.79 Å². The number of nitrogens with zero attached hydrogens (tertiary/aromatic N) is 4. The van der Waals surface area contributed by atoms with E-state index < -0.39 is 5.97 Å². The second-order valence-electron chi connectivity index (χ2n) is 6.27. The van der Waals surface area contributed by atoms with E-state index in [1.807, 2.05) is 6.26 Å². The van der Waals surface area contributed by atoms with E-state index in [0.29, 0.717) is 46.0 Å². The maximum atomic E-state index is 12.6. The molecule has 3 aromatic rings. The third-order valence-corrected chi connectivity index (χ3v) is 4.31. The van der Waals surface area contributed by atoms with Gasteiger partial charge in [-0.15, -0.1) is 11.8 Å². The van der Waals surface area contributed by atoms with Gasteiger partial charge in [-0.05, 0) is 31.2 Å². The smallest absolute Gasteiger partial charge is 0.343 e. The number of thioether (sulfide) groups is 1. The molecule has 0 aromatic carbocycles. The van der Waals surface area contributed by atoms with Gasteiger partial charge in [-0.1, -0.05) is 19.0 Å². The summed E-state index contributed by atoms with van der Waals surface area (Å²) in [6, 6.07) is 3.52. The first-order valence-corrected chi connectivity index (χ1v) is 9.65.